The van der Waals surface area contributed by atoms with E-state index in [9.17, 15) is 4.79 Å². The highest BCUT2D eigenvalue weighted by Gasteiger charge is 2.21. The highest BCUT2D eigenvalue weighted by atomic mass is 16.3. The van der Waals surface area contributed by atoms with Crippen LogP contribution in [0.15, 0.2) is 45.6 Å². The van der Waals surface area contributed by atoms with Gasteiger partial charge in [0.1, 0.15) is 11.5 Å². The molecule has 1 amide bonds. The summed E-state index contributed by atoms with van der Waals surface area (Å²) in [5, 5.41) is 0. The number of nitrogens with two attached hydrogens (primary N) is 1. The highest BCUT2D eigenvalue weighted by Crippen LogP contribution is 2.14. The number of furan rings is 2. The molecule has 2 rings (SSSR count). The van der Waals surface area contributed by atoms with Crippen LogP contribution in [0.3, 0.4) is 0 Å². The molecule has 5 nitrogen and oxygen atoms in total. The Morgan fingerprint density at radius 1 is 1.21 bits per heavy atom. The van der Waals surface area contributed by atoms with Crippen LogP contribution in [-0.4, -0.2) is 17.4 Å². The molecule has 0 spiro atoms. The molecule has 19 heavy (non-hydrogen) atoms. The predicted octanol–water partition coefficient (Wildman–Crippen LogP) is 2.00. The summed E-state index contributed by atoms with van der Waals surface area (Å²) in [5.41, 5.74) is 5.56. The summed E-state index contributed by atoms with van der Waals surface area (Å²) in [7, 11) is 0. The van der Waals surface area contributed by atoms with Gasteiger partial charge in [0.05, 0.1) is 25.6 Å². The lowest BCUT2D eigenvalue weighted by molar-refractivity contribution is -0.136. The maximum Gasteiger partial charge on any atom is 0.227 e. The molecule has 5 heteroatoms. The molecule has 0 fully saturated rings. The summed E-state index contributed by atoms with van der Waals surface area (Å²) in [6, 6.07) is 7.29. The highest BCUT2D eigenvalue weighted by molar-refractivity contribution is 5.78. The topological polar surface area (TPSA) is 72.6 Å². The third-order valence-electron chi connectivity index (χ3n) is 2.94. The Balaban J connectivity index is 2.10. The minimum atomic E-state index is -0.218. The van der Waals surface area contributed by atoms with Gasteiger partial charge in [0, 0.05) is 12.5 Å². The first-order valence-corrected chi connectivity index (χ1v) is 6.24. The van der Waals surface area contributed by atoms with Gasteiger partial charge in [0.2, 0.25) is 5.91 Å². The first-order chi connectivity index (χ1) is 9.20. The average Bonchev–Trinajstić information content (AvgIpc) is 3.09. The zero-order valence-corrected chi connectivity index (χ0v) is 10.9. The molecule has 0 aliphatic rings. The van der Waals surface area contributed by atoms with Crippen molar-refractivity contribution in [3.05, 3.63) is 48.3 Å². The Morgan fingerprint density at radius 3 is 2.11 bits per heavy atom. The van der Waals surface area contributed by atoms with Crippen molar-refractivity contribution in [1.29, 1.82) is 0 Å². The van der Waals surface area contributed by atoms with E-state index < -0.39 is 0 Å². The van der Waals surface area contributed by atoms with Crippen LogP contribution >= 0.6 is 0 Å². The molecule has 2 aromatic heterocycles. The van der Waals surface area contributed by atoms with Gasteiger partial charge < -0.3 is 19.5 Å². The summed E-state index contributed by atoms with van der Waals surface area (Å²) >= 11 is 0. The number of nitrogens with zero attached hydrogens (tertiary/aromatic N) is 1. The van der Waals surface area contributed by atoms with E-state index in [1.54, 1.807) is 29.6 Å². The molecule has 2 heterocycles. The lowest BCUT2D eigenvalue weighted by Crippen LogP contribution is -2.36. The van der Waals surface area contributed by atoms with E-state index in [1.807, 2.05) is 19.1 Å². The van der Waals surface area contributed by atoms with E-state index >= 15 is 0 Å². The quantitative estimate of drug-likeness (QED) is 0.864. The third kappa shape index (κ3) is 3.48. The van der Waals surface area contributed by atoms with Crippen LogP contribution in [0.4, 0.5) is 0 Å². The largest absolute Gasteiger partial charge is 0.467 e. The standard InChI is InChI=1S/C14H18N2O3/c1-11(8-15)14(17)16(9-12-4-2-6-18-12)10-13-5-3-7-19-13/h2-7,11H,8-10,15H2,1H3. The third-order valence-corrected chi connectivity index (χ3v) is 2.94. The molecule has 102 valence electrons. The van der Waals surface area contributed by atoms with Gasteiger partial charge in [0.15, 0.2) is 0 Å². The molecular formula is C14H18N2O3. The van der Waals surface area contributed by atoms with Gasteiger partial charge in [-0.25, -0.2) is 0 Å². The molecule has 0 saturated carbocycles. The van der Waals surface area contributed by atoms with Crippen molar-refractivity contribution in [2.75, 3.05) is 6.54 Å². The molecular weight excluding hydrogens is 244 g/mol. The molecule has 0 aliphatic carbocycles. The molecule has 0 aromatic carbocycles. The van der Waals surface area contributed by atoms with Crippen molar-refractivity contribution in [1.82, 2.24) is 4.90 Å². The van der Waals surface area contributed by atoms with Crippen molar-refractivity contribution in [3.63, 3.8) is 0 Å². The van der Waals surface area contributed by atoms with Gasteiger partial charge in [-0.1, -0.05) is 6.92 Å². The molecule has 0 saturated heterocycles. The molecule has 0 bridgehead atoms. The van der Waals surface area contributed by atoms with Crippen molar-refractivity contribution in [2.24, 2.45) is 11.7 Å². The fourth-order valence-corrected chi connectivity index (χ4v) is 1.81. The Bertz CT molecular complexity index is 455. The van der Waals surface area contributed by atoms with Crippen LogP contribution in [0.5, 0.6) is 0 Å². The number of carbonyl (C=O) groups is 1. The van der Waals surface area contributed by atoms with Gasteiger partial charge in [-0.05, 0) is 24.3 Å². The monoisotopic (exact) mass is 262 g/mol. The molecule has 1 unspecified atom stereocenters. The Labute approximate surface area is 112 Å². The molecule has 1 atom stereocenters. The second-order valence-corrected chi connectivity index (χ2v) is 4.49. The summed E-state index contributed by atoms with van der Waals surface area (Å²) in [6.45, 7) is 2.97. The second kappa shape index (κ2) is 6.24. The van der Waals surface area contributed by atoms with E-state index in [1.165, 1.54) is 0 Å². The van der Waals surface area contributed by atoms with Gasteiger partial charge in [-0.3, -0.25) is 4.79 Å². The van der Waals surface area contributed by atoms with Gasteiger partial charge in [-0.2, -0.15) is 0 Å². The van der Waals surface area contributed by atoms with E-state index in [-0.39, 0.29) is 11.8 Å². The van der Waals surface area contributed by atoms with Gasteiger partial charge in [0.25, 0.3) is 0 Å². The van der Waals surface area contributed by atoms with Crippen LogP contribution in [0.2, 0.25) is 0 Å². The summed E-state index contributed by atoms with van der Waals surface area (Å²) in [4.78, 5) is 14.0. The van der Waals surface area contributed by atoms with Crippen LogP contribution in [0.1, 0.15) is 18.4 Å². The van der Waals surface area contributed by atoms with Crippen LogP contribution < -0.4 is 5.73 Å². The zero-order valence-electron chi connectivity index (χ0n) is 10.9. The van der Waals surface area contributed by atoms with E-state index in [4.69, 9.17) is 14.6 Å². The SMILES string of the molecule is CC(CN)C(=O)N(Cc1ccco1)Cc1ccco1. The van der Waals surface area contributed by atoms with E-state index in [0.717, 1.165) is 11.5 Å². The molecule has 2 aromatic rings. The summed E-state index contributed by atoms with van der Waals surface area (Å²) in [6.07, 6.45) is 3.19. The maximum absolute atomic E-state index is 12.3. The first-order valence-electron chi connectivity index (χ1n) is 6.24. The minimum Gasteiger partial charge on any atom is -0.467 e. The Morgan fingerprint density at radius 2 is 1.74 bits per heavy atom. The van der Waals surface area contributed by atoms with Crippen LogP contribution in [0.25, 0.3) is 0 Å². The lowest BCUT2D eigenvalue weighted by atomic mass is 10.1. The van der Waals surface area contributed by atoms with E-state index in [0.29, 0.717) is 19.6 Å². The van der Waals surface area contributed by atoms with Crippen LogP contribution in [-0.2, 0) is 17.9 Å². The van der Waals surface area contributed by atoms with Crippen molar-refractivity contribution in [2.45, 2.75) is 20.0 Å². The van der Waals surface area contributed by atoms with Gasteiger partial charge in [-0.15, -0.1) is 0 Å². The normalized spacial score (nSPS) is 12.3. The minimum absolute atomic E-state index is 0.00435. The number of amides is 1. The predicted molar refractivity (Wildman–Crippen MR) is 69.9 cm³/mol. The van der Waals surface area contributed by atoms with Crippen molar-refractivity contribution >= 4 is 5.91 Å². The Hall–Kier alpha value is -2.01. The molecule has 0 aliphatic heterocycles. The fraction of sp³-hybridized carbons (Fsp3) is 0.357. The maximum atomic E-state index is 12.3. The fourth-order valence-electron chi connectivity index (χ4n) is 1.81. The number of hydrogen-bond acceptors (Lipinski definition) is 4. The average molecular weight is 262 g/mol. The lowest BCUT2D eigenvalue weighted by Gasteiger charge is -2.23. The molecule has 2 N–H and O–H groups in total. The smallest absolute Gasteiger partial charge is 0.227 e. The van der Waals surface area contributed by atoms with Crippen LogP contribution in [0, 0.1) is 5.92 Å². The molecule has 0 radical (unpaired) electrons. The summed E-state index contributed by atoms with van der Waals surface area (Å²) in [5.74, 6) is 1.26. The summed E-state index contributed by atoms with van der Waals surface area (Å²) < 4.78 is 10.6. The number of hydrogen-bond donors (Lipinski definition) is 1. The second-order valence-electron chi connectivity index (χ2n) is 4.49. The first kappa shape index (κ1) is 13.4. The van der Waals surface area contributed by atoms with E-state index in [2.05, 4.69) is 0 Å². The number of rotatable bonds is 6. The van der Waals surface area contributed by atoms with Crippen molar-refractivity contribution < 1.29 is 13.6 Å². The number of carbonyl (C=O) groups excluding carboxylic acids is 1. The van der Waals surface area contributed by atoms with Gasteiger partial charge >= 0.3 is 0 Å². The Kier molecular flexibility index (Phi) is 4.41. The zero-order chi connectivity index (χ0) is 13.7. The van der Waals surface area contributed by atoms with Crippen molar-refractivity contribution in [3.8, 4) is 0 Å².